The zero-order valence-electron chi connectivity index (χ0n) is 18.7. The number of unbranched alkanes of at least 4 members (excludes halogenated alkanes) is 2. The molecule has 0 bridgehead atoms. The number of aliphatic hydroxyl groups excluding tert-OH is 1. The third-order valence-corrected chi connectivity index (χ3v) is 7.11. The van der Waals surface area contributed by atoms with E-state index >= 15 is 0 Å². The zero-order valence-corrected chi connectivity index (χ0v) is 18.7. The van der Waals surface area contributed by atoms with Gasteiger partial charge in [-0.1, -0.05) is 77.7 Å². The Hall–Kier alpha value is -0.870. The van der Waals surface area contributed by atoms with E-state index in [0.29, 0.717) is 12.7 Å². The Morgan fingerprint density at radius 1 is 0.862 bits per heavy atom. The number of aliphatic hydroxyl groups is 1. The van der Waals surface area contributed by atoms with Crippen LogP contribution in [-0.4, -0.2) is 37.0 Å². The monoisotopic (exact) mass is 408 g/mol. The molecule has 0 aliphatic heterocycles. The van der Waals surface area contributed by atoms with Gasteiger partial charge in [0.1, 0.15) is 6.61 Å². The summed E-state index contributed by atoms with van der Waals surface area (Å²) >= 11 is 0. The van der Waals surface area contributed by atoms with Crippen molar-refractivity contribution < 1.29 is 19.4 Å². The lowest BCUT2D eigenvalue weighted by Crippen LogP contribution is -2.24. The fraction of sp³-hybridized carbons (Fsp3) is 0.880. The van der Waals surface area contributed by atoms with Crippen LogP contribution in [0, 0.1) is 17.8 Å². The number of hydrogen-bond acceptors (Lipinski definition) is 4. The maximum absolute atomic E-state index is 11.4. The van der Waals surface area contributed by atoms with E-state index in [-0.39, 0.29) is 18.8 Å². The molecule has 0 aromatic heterocycles. The molecular formula is C25H44O4. The number of esters is 1. The first-order chi connectivity index (χ1) is 14.1. The van der Waals surface area contributed by atoms with Gasteiger partial charge in [0, 0.05) is 0 Å². The fourth-order valence-corrected chi connectivity index (χ4v) is 5.07. The smallest absolute Gasteiger partial charge is 0.335 e. The molecule has 0 heterocycles. The first-order valence-electron chi connectivity index (χ1n) is 12.2. The molecule has 0 unspecified atom stereocenters. The molecule has 2 saturated carbocycles. The number of carbonyl (C=O) groups excluding carboxylic acids is 1. The van der Waals surface area contributed by atoms with Crippen molar-refractivity contribution in [3.63, 3.8) is 0 Å². The van der Waals surface area contributed by atoms with Gasteiger partial charge in [-0.3, -0.25) is 0 Å². The third kappa shape index (κ3) is 9.65. The Bertz CT molecular complexity index is 459. The van der Waals surface area contributed by atoms with Gasteiger partial charge in [0.15, 0.2) is 0 Å². The van der Waals surface area contributed by atoms with Crippen molar-refractivity contribution in [1.29, 1.82) is 0 Å². The molecule has 2 aliphatic carbocycles. The van der Waals surface area contributed by atoms with E-state index in [9.17, 15) is 4.79 Å². The highest BCUT2D eigenvalue weighted by Gasteiger charge is 2.25. The summed E-state index contributed by atoms with van der Waals surface area (Å²) in [6.45, 7) is 6.06. The van der Waals surface area contributed by atoms with Crippen LogP contribution in [-0.2, 0) is 14.3 Å². The van der Waals surface area contributed by atoms with Crippen molar-refractivity contribution in [2.75, 3.05) is 19.8 Å². The van der Waals surface area contributed by atoms with Crippen LogP contribution in [0.4, 0.5) is 0 Å². The summed E-state index contributed by atoms with van der Waals surface area (Å²) in [4.78, 5) is 11.4. The number of ether oxygens (including phenoxy) is 2. The fourth-order valence-electron chi connectivity index (χ4n) is 5.07. The molecule has 29 heavy (non-hydrogen) atoms. The third-order valence-electron chi connectivity index (χ3n) is 7.11. The van der Waals surface area contributed by atoms with Gasteiger partial charge >= 0.3 is 5.97 Å². The van der Waals surface area contributed by atoms with Crippen LogP contribution < -0.4 is 0 Å². The highest BCUT2D eigenvalue weighted by molar-refractivity contribution is 5.87. The molecule has 1 N–H and O–H groups in total. The van der Waals surface area contributed by atoms with Crippen LogP contribution in [0.5, 0.6) is 0 Å². The Labute approximate surface area is 178 Å². The standard InChI is InChI=1S/C25H44O4/c1-3-4-5-6-21-7-9-22(10-8-21)11-12-23-13-15-24(16-14-23)28-17-18-29-25(27)20(2)19-26/h21-24,26H,2-19H2,1H3. The zero-order chi connectivity index (χ0) is 20.9. The van der Waals surface area contributed by atoms with Crippen LogP contribution in [0.2, 0.25) is 0 Å². The second-order valence-corrected chi connectivity index (χ2v) is 9.37. The summed E-state index contributed by atoms with van der Waals surface area (Å²) in [5.41, 5.74) is 0.0930. The minimum Gasteiger partial charge on any atom is -0.460 e. The molecule has 0 amide bonds. The Balaban J connectivity index is 1.48. The molecule has 0 atom stereocenters. The van der Waals surface area contributed by atoms with Gasteiger partial charge in [-0.2, -0.15) is 0 Å². The Morgan fingerprint density at radius 3 is 1.97 bits per heavy atom. The lowest BCUT2D eigenvalue weighted by atomic mass is 9.76. The largest absolute Gasteiger partial charge is 0.460 e. The molecule has 4 nitrogen and oxygen atoms in total. The number of carbonyl (C=O) groups is 1. The van der Waals surface area contributed by atoms with E-state index < -0.39 is 5.97 Å². The topological polar surface area (TPSA) is 55.8 Å². The van der Waals surface area contributed by atoms with Gasteiger partial charge in [-0.15, -0.1) is 0 Å². The van der Waals surface area contributed by atoms with Crippen molar-refractivity contribution in [3.8, 4) is 0 Å². The molecule has 168 valence electrons. The van der Waals surface area contributed by atoms with E-state index in [0.717, 1.165) is 30.6 Å². The summed E-state index contributed by atoms with van der Waals surface area (Å²) in [7, 11) is 0. The second kappa shape index (κ2) is 14.2. The molecule has 4 heteroatoms. The van der Waals surface area contributed by atoms with Gasteiger partial charge in [0.2, 0.25) is 0 Å². The molecule has 2 aliphatic rings. The highest BCUT2D eigenvalue weighted by atomic mass is 16.6. The maximum atomic E-state index is 11.4. The average Bonchev–Trinajstić information content (AvgIpc) is 2.76. The van der Waals surface area contributed by atoms with E-state index in [4.69, 9.17) is 14.6 Å². The van der Waals surface area contributed by atoms with Crippen molar-refractivity contribution in [2.45, 2.75) is 103 Å². The molecule has 2 rings (SSSR count). The summed E-state index contributed by atoms with van der Waals surface area (Å²) in [6, 6.07) is 0. The molecule has 0 aromatic carbocycles. The molecule has 0 saturated heterocycles. The summed E-state index contributed by atoms with van der Waals surface area (Å²) < 4.78 is 10.9. The van der Waals surface area contributed by atoms with Crippen LogP contribution in [0.15, 0.2) is 12.2 Å². The van der Waals surface area contributed by atoms with E-state index in [1.807, 2.05) is 0 Å². The minimum atomic E-state index is -0.533. The van der Waals surface area contributed by atoms with Gasteiger partial charge in [0.25, 0.3) is 0 Å². The second-order valence-electron chi connectivity index (χ2n) is 9.37. The van der Waals surface area contributed by atoms with Crippen LogP contribution in [0.3, 0.4) is 0 Å². The highest BCUT2D eigenvalue weighted by Crippen LogP contribution is 2.37. The summed E-state index contributed by atoms with van der Waals surface area (Å²) in [5, 5.41) is 8.84. The predicted molar refractivity (Wildman–Crippen MR) is 118 cm³/mol. The van der Waals surface area contributed by atoms with Crippen molar-refractivity contribution in [1.82, 2.24) is 0 Å². The van der Waals surface area contributed by atoms with Gasteiger partial charge < -0.3 is 14.6 Å². The van der Waals surface area contributed by atoms with E-state index in [1.54, 1.807) is 0 Å². The SMILES string of the molecule is C=C(CO)C(=O)OCCOC1CCC(CCC2CCC(CCCCC)CC2)CC1. The predicted octanol–water partition coefficient (Wildman–Crippen LogP) is 5.82. The molecule has 0 radical (unpaired) electrons. The molecule has 0 spiro atoms. The van der Waals surface area contributed by atoms with Gasteiger partial charge in [0.05, 0.1) is 24.9 Å². The van der Waals surface area contributed by atoms with Gasteiger partial charge in [-0.25, -0.2) is 4.79 Å². The van der Waals surface area contributed by atoms with Crippen molar-refractivity contribution >= 4 is 5.97 Å². The van der Waals surface area contributed by atoms with E-state index in [1.165, 1.54) is 77.0 Å². The quantitative estimate of drug-likeness (QED) is 0.237. The molecule has 0 aromatic rings. The number of hydrogen-bond donors (Lipinski definition) is 1. The first-order valence-corrected chi connectivity index (χ1v) is 12.2. The summed E-state index contributed by atoms with van der Waals surface area (Å²) in [5.74, 6) is 2.35. The Morgan fingerprint density at radius 2 is 1.41 bits per heavy atom. The lowest BCUT2D eigenvalue weighted by Gasteiger charge is -2.32. The van der Waals surface area contributed by atoms with Crippen LogP contribution in [0.25, 0.3) is 0 Å². The van der Waals surface area contributed by atoms with Crippen molar-refractivity contribution in [2.24, 2.45) is 17.8 Å². The minimum absolute atomic E-state index is 0.0930. The van der Waals surface area contributed by atoms with Crippen LogP contribution in [0.1, 0.15) is 96.8 Å². The summed E-state index contributed by atoms with van der Waals surface area (Å²) in [6.07, 6.45) is 19.5. The molecular weight excluding hydrogens is 364 g/mol. The lowest BCUT2D eigenvalue weighted by molar-refractivity contribution is -0.142. The Kier molecular flexibility index (Phi) is 11.9. The van der Waals surface area contributed by atoms with Crippen LogP contribution >= 0.6 is 0 Å². The normalized spacial score (nSPS) is 27.5. The first kappa shape index (κ1) is 24.4. The van der Waals surface area contributed by atoms with E-state index in [2.05, 4.69) is 13.5 Å². The number of rotatable bonds is 13. The van der Waals surface area contributed by atoms with Gasteiger partial charge in [-0.05, 0) is 43.4 Å². The average molecular weight is 409 g/mol. The molecule has 2 fully saturated rings. The maximum Gasteiger partial charge on any atom is 0.335 e. The van der Waals surface area contributed by atoms with Crippen molar-refractivity contribution in [3.05, 3.63) is 12.2 Å².